The molecule has 0 radical (unpaired) electrons. The highest BCUT2D eigenvalue weighted by Crippen LogP contribution is 2.10. The number of carbonyl (C=O) groups is 1. The first-order valence-corrected chi connectivity index (χ1v) is 3.44. The van der Waals surface area contributed by atoms with Gasteiger partial charge in [-0.15, -0.1) is 5.10 Å². The molecule has 0 unspecified atom stereocenters. The summed E-state index contributed by atoms with van der Waals surface area (Å²) in [6, 6.07) is 0. The van der Waals surface area contributed by atoms with Crippen molar-refractivity contribution in [2.24, 2.45) is 0 Å². The Morgan fingerprint density at radius 3 is 3.09 bits per heavy atom. The van der Waals surface area contributed by atoms with Crippen molar-refractivity contribution in [1.82, 2.24) is 14.8 Å². The van der Waals surface area contributed by atoms with E-state index < -0.39 is 5.97 Å². The van der Waals surface area contributed by atoms with Crippen molar-refractivity contribution in [2.45, 2.75) is 19.4 Å². The molecular formula is C6H7N3O2. The van der Waals surface area contributed by atoms with Crippen LogP contribution in [0.25, 0.3) is 0 Å². The van der Waals surface area contributed by atoms with Crippen LogP contribution in [0.15, 0.2) is 0 Å². The molecule has 1 N–H and O–H groups in total. The smallest absolute Gasteiger partial charge is 0.375 e. The minimum absolute atomic E-state index is 0.0836. The van der Waals surface area contributed by atoms with Crippen molar-refractivity contribution < 1.29 is 9.90 Å². The Bertz CT molecular complexity index is 283. The highest BCUT2D eigenvalue weighted by atomic mass is 16.4. The highest BCUT2D eigenvalue weighted by Gasteiger charge is 2.18. The van der Waals surface area contributed by atoms with Gasteiger partial charge in [-0.25, -0.2) is 14.5 Å². The largest absolute Gasteiger partial charge is 0.475 e. The SMILES string of the molecule is O=C(O)c1nc2n(n1)CCC2. The van der Waals surface area contributed by atoms with E-state index in [1.54, 1.807) is 4.68 Å². The quantitative estimate of drug-likeness (QED) is 0.612. The third kappa shape index (κ3) is 0.886. The average Bonchev–Trinajstić information content (AvgIpc) is 2.40. The summed E-state index contributed by atoms with van der Waals surface area (Å²) in [6.07, 6.45) is 1.87. The Hall–Kier alpha value is -1.39. The molecule has 0 fully saturated rings. The number of nitrogens with zero attached hydrogens (tertiary/aromatic N) is 3. The molecule has 1 aliphatic rings. The summed E-state index contributed by atoms with van der Waals surface area (Å²) in [5.74, 6) is -0.339. The fourth-order valence-corrected chi connectivity index (χ4v) is 1.22. The van der Waals surface area contributed by atoms with Crippen LogP contribution in [0.5, 0.6) is 0 Å². The Balaban J connectivity index is 2.42. The molecule has 0 amide bonds. The van der Waals surface area contributed by atoms with Crippen LogP contribution >= 0.6 is 0 Å². The summed E-state index contributed by atoms with van der Waals surface area (Å²) in [7, 11) is 0. The normalized spacial score (nSPS) is 14.9. The molecule has 1 aromatic heterocycles. The van der Waals surface area contributed by atoms with Gasteiger partial charge in [0.25, 0.3) is 5.82 Å². The molecule has 1 aliphatic heterocycles. The number of fused-ring (bicyclic) bond motifs is 1. The van der Waals surface area contributed by atoms with Gasteiger partial charge in [0.2, 0.25) is 0 Å². The minimum Gasteiger partial charge on any atom is -0.475 e. The monoisotopic (exact) mass is 153 g/mol. The van der Waals surface area contributed by atoms with E-state index in [2.05, 4.69) is 10.1 Å². The zero-order valence-electron chi connectivity index (χ0n) is 5.82. The van der Waals surface area contributed by atoms with Crippen LogP contribution in [-0.2, 0) is 13.0 Å². The summed E-state index contributed by atoms with van der Waals surface area (Å²) in [4.78, 5) is 14.2. The second-order valence-electron chi connectivity index (χ2n) is 2.48. The highest BCUT2D eigenvalue weighted by molar-refractivity contribution is 5.82. The van der Waals surface area contributed by atoms with E-state index in [1.165, 1.54) is 0 Å². The summed E-state index contributed by atoms with van der Waals surface area (Å²) in [5.41, 5.74) is 0. The van der Waals surface area contributed by atoms with Crippen molar-refractivity contribution in [3.63, 3.8) is 0 Å². The maximum atomic E-state index is 10.4. The topological polar surface area (TPSA) is 68.0 Å². The second kappa shape index (κ2) is 2.05. The van der Waals surface area contributed by atoms with Crippen molar-refractivity contribution in [3.8, 4) is 0 Å². The molecule has 0 aromatic carbocycles. The van der Waals surface area contributed by atoms with E-state index in [0.717, 1.165) is 25.2 Å². The van der Waals surface area contributed by atoms with Crippen molar-refractivity contribution in [1.29, 1.82) is 0 Å². The van der Waals surface area contributed by atoms with Crippen LogP contribution in [0.4, 0.5) is 0 Å². The number of aromatic carboxylic acids is 1. The average molecular weight is 153 g/mol. The van der Waals surface area contributed by atoms with Gasteiger partial charge in [0.1, 0.15) is 5.82 Å². The van der Waals surface area contributed by atoms with E-state index in [-0.39, 0.29) is 5.82 Å². The minimum atomic E-state index is -1.05. The Kier molecular flexibility index (Phi) is 1.18. The van der Waals surface area contributed by atoms with E-state index in [9.17, 15) is 4.79 Å². The van der Waals surface area contributed by atoms with Gasteiger partial charge in [-0.2, -0.15) is 0 Å². The fourth-order valence-electron chi connectivity index (χ4n) is 1.22. The third-order valence-corrected chi connectivity index (χ3v) is 1.71. The number of aromatic nitrogens is 3. The Morgan fingerprint density at radius 1 is 1.64 bits per heavy atom. The lowest BCUT2D eigenvalue weighted by atomic mass is 10.4. The number of hydrogen-bond acceptors (Lipinski definition) is 3. The molecule has 0 spiro atoms. The van der Waals surface area contributed by atoms with Gasteiger partial charge in [-0.3, -0.25) is 0 Å². The predicted octanol–water partition coefficient (Wildman–Crippen LogP) is -0.0775. The van der Waals surface area contributed by atoms with Crippen LogP contribution < -0.4 is 0 Å². The molecule has 58 valence electrons. The van der Waals surface area contributed by atoms with Gasteiger partial charge >= 0.3 is 5.97 Å². The lowest BCUT2D eigenvalue weighted by molar-refractivity contribution is 0.0683. The van der Waals surface area contributed by atoms with Crippen LogP contribution in [0.1, 0.15) is 22.9 Å². The maximum absolute atomic E-state index is 10.4. The van der Waals surface area contributed by atoms with Crippen molar-refractivity contribution in [3.05, 3.63) is 11.6 Å². The van der Waals surface area contributed by atoms with Gasteiger partial charge in [-0.05, 0) is 6.42 Å². The molecule has 5 heteroatoms. The standard InChI is InChI=1S/C6H7N3O2/c10-6(11)5-7-4-2-1-3-9(4)8-5/h1-3H2,(H,10,11). The van der Waals surface area contributed by atoms with Gasteiger partial charge in [0.15, 0.2) is 0 Å². The lowest BCUT2D eigenvalue weighted by Crippen LogP contribution is -2.01. The summed E-state index contributed by atoms with van der Waals surface area (Å²) in [5, 5.41) is 12.3. The number of aryl methyl sites for hydroxylation is 2. The number of carboxylic acids is 1. The lowest BCUT2D eigenvalue weighted by Gasteiger charge is -1.87. The first-order valence-electron chi connectivity index (χ1n) is 3.44. The van der Waals surface area contributed by atoms with Crippen LogP contribution in [0, 0.1) is 0 Å². The molecule has 1 aromatic rings. The van der Waals surface area contributed by atoms with Crippen LogP contribution in [0.2, 0.25) is 0 Å². The Morgan fingerprint density at radius 2 is 2.45 bits per heavy atom. The van der Waals surface area contributed by atoms with Crippen LogP contribution in [0.3, 0.4) is 0 Å². The molecule has 0 bridgehead atoms. The zero-order valence-corrected chi connectivity index (χ0v) is 5.82. The van der Waals surface area contributed by atoms with Crippen molar-refractivity contribution >= 4 is 5.97 Å². The molecule has 2 heterocycles. The Labute approximate surface area is 62.7 Å². The first kappa shape index (κ1) is 6.33. The molecule has 0 saturated heterocycles. The number of hydrogen-bond donors (Lipinski definition) is 1. The van der Waals surface area contributed by atoms with Crippen LogP contribution in [-0.4, -0.2) is 25.8 Å². The summed E-state index contributed by atoms with van der Waals surface area (Å²) >= 11 is 0. The van der Waals surface area contributed by atoms with E-state index in [4.69, 9.17) is 5.11 Å². The van der Waals surface area contributed by atoms with E-state index in [1.807, 2.05) is 0 Å². The molecular weight excluding hydrogens is 146 g/mol. The number of carboxylic acid groups (broad SMARTS) is 1. The van der Waals surface area contributed by atoms with Gasteiger partial charge in [-0.1, -0.05) is 0 Å². The predicted molar refractivity (Wildman–Crippen MR) is 35.3 cm³/mol. The maximum Gasteiger partial charge on any atom is 0.375 e. The van der Waals surface area contributed by atoms with Gasteiger partial charge in [0, 0.05) is 13.0 Å². The van der Waals surface area contributed by atoms with Crippen molar-refractivity contribution in [2.75, 3.05) is 0 Å². The zero-order chi connectivity index (χ0) is 7.84. The molecule has 0 aliphatic carbocycles. The van der Waals surface area contributed by atoms with Gasteiger partial charge in [0.05, 0.1) is 0 Å². The second-order valence-corrected chi connectivity index (χ2v) is 2.48. The third-order valence-electron chi connectivity index (χ3n) is 1.71. The van der Waals surface area contributed by atoms with Gasteiger partial charge < -0.3 is 5.11 Å². The molecule has 5 nitrogen and oxygen atoms in total. The summed E-state index contributed by atoms with van der Waals surface area (Å²) in [6.45, 7) is 0.801. The first-order chi connectivity index (χ1) is 5.27. The van der Waals surface area contributed by atoms with E-state index >= 15 is 0 Å². The van der Waals surface area contributed by atoms with E-state index in [0.29, 0.717) is 0 Å². The summed E-state index contributed by atoms with van der Waals surface area (Å²) < 4.78 is 1.66. The molecule has 0 saturated carbocycles. The molecule has 11 heavy (non-hydrogen) atoms. The fraction of sp³-hybridized carbons (Fsp3) is 0.500. The molecule has 0 atom stereocenters. The number of rotatable bonds is 1. The molecule has 2 rings (SSSR count).